The van der Waals surface area contributed by atoms with Crippen molar-refractivity contribution in [2.45, 2.75) is 20.1 Å². The average molecular weight is 295 g/mol. The minimum absolute atomic E-state index is 0.0929. The van der Waals surface area contributed by atoms with E-state index < -0.39 is 24.0 Å². The number of hydrogen-bond acceptors (Lipinski definition) is 4. The van der Waals surface area contributed by atoms with E-state index in [1.807, 2.05) is 0 Å². The van der Waals surface area contributed by atoms with Gasteiger partial charge in [0.25, 0.3) is 0 Å². The summed E-state index contributed by atoms with van der Waals surface area (Å²) in [7, 11) is 1.52. The molecule has 0 unspecified atom stereocenters. The quantitative estimate of drug-likeness (QED) is 0.921. The molecule has 0 saturated heterocycles. The van der Waals surface area contributed by atoms with Crippen molar-refractivity contribution in [2.24, 2.45) is 0 Å². The average Bonchev–Trinajstić information content (AvgIpc) is 2.45. The molecular weight excluding hydrogens is 280 g/mol. The zero-order valence-corrected chi connectivity index (χ0v) is 11.7. The van der Waals surface area contributed by atoms with Gasteiger partial charge < -0.3 is 14.6 Å². The van der Waals surface area contributed by atoms with Crippen LogP contribution in [0.25, 0.3) is 0 Å². The van der Waals surface area contributed by atoms with E-state index in [1.54, 1.807) is 19.1 Å². The Kier molecular flexibility index (Phi) is 4.70. The minimum atomic E-state index is -0.862. The molecular formula is C15H15F2NO3. The van der Waals surface area contributed by atoms with Crippen LogP contribution in [0.5, 0.6) is 11.5 Å². The first-order valence-electron chi connectivity index (χ1n) is 6.26. The molecule has 0 aliphatic rings. The Hall–Kier alpha value is -2.21. The predicted octanol–water partition coefficient (Wildman–Crippen LogP) is 2.75. The minimum Gasteiger partial charge on any atom is -0.497 e. The summed E-state index contributed by atoms with van der Waals surface area (Å²) in [5.74, 6) is -1.62. The summed E-state index contributed by atoms with van der Waals surface area (Å²) in [4.78, 5) is 4.20. The second kappa shape index (κ2) is 6.49. The van der Waals surface area contributed by atoms with E-state index in [2.05, 4.69) is 4.98 Å². The van der Waals surface area contributed by atoms with Gasteiger partial charge in [0.05, 0.1) is 19.4 Å². The second-order valence-corrected chi connectivity index (χ2v) is 4.48. The molecule has 1 N–H and O–H groups in total. The molecule has 4 nitrogen and oxygen atoms in total. The summed E-state index contributed by atoms with van der Waals surface area (Å²) in [6.45, 7) is 1.25. The molecule has 1 aromatic carbocycles. The highest BCUT2D eigenvalue weighted by Gasteiger charge is 2.13. The molecule has 0 aliphatic carbocycles. The molecule has 1 heterocycles. The Balaban J connectivity index is 2.18. The van der Waals surface area contributed by atoms with Gasteiger partial charge in [-0.2, -0.15) is 0 Å². The first kappa shape index (κ1) is 15.2. The Morgan fingerprint density at radius 2 is 1.81 bits per heavy atom. The molecule has 1 aromatic heterocycles. The second-order valence-electron chi connectivity index (χ2n) is 4.48. The number of aryl methyl sites for hydroxylation is 1. The third-order valence-electron chi connectivity index (χ3n) is 2.82. The maximum absolute atomic E-state index is 13.7. The van der Waals surface area contributed by atoms with Gasteiger partial charge >= 0.3 is 0 Å². The van der Waals surface area contributed by atoms with E-state index in [0.29, 0.717) is 17.1 Å². The smallest absolute Gasteiger partial charge is 0.191 e. The number of hydrogen-bond donors (Lipinski definition) is 1. The van der Waals surface area contributed by atoms with Gasteiger partial charge in [-0.3, -0.25) is 4.98 Å². The van der Waals surface area contributed by atoms with Crippen molar-refractivity contribution in [3.8, 4) is 11.5 Å². The summed E-state index contributed by atoms with van der Waals surface area (Å²) < 4.78 is 37.7. The lowest BCUT2D eigenvalue weighted by molar-refractivity contribution is 0.263. The molecule has 112 valence electrons. The van der Waals surface area contributed by atoms with Crippen molar-refractivity contribution in [3.63, 3.8) is 0 Å². The number of rotatable bonds is 5. The van der Waals surface area contributed by atoms with Crippen LogP contribution in [-0.4, -0.2) is 17.2 Å². The molecule has 21 heavy (non-hydrogen) atoms. The summed E-state index contributed by atoms with van der Waals surface area (Å²) in [5, 5.41) is 8.88. The molecule has 0 spiro atoms. The molecule has 0 atom stereocenters. The molecule has 2 aromatic rings. The predicted molar refractivity (Wildman–Crippen MR) is 72.1 cm³/mol. The fourth-order valence-corrected chi connectivity index (χ4v) is 1.88. The van der Waals surface area contributed by atoms with Gasteiger partial charge in [0.2, 0.25) is 0 Å². The van der Waals surface area contributed by atoms with Gasteiger partial charge in [-0.25, -0.2) is 8.78 Å². The first-order chi connectivity index (χ1) is 10.0. The zero-order valence-electron chi connectivity index (χ0n) is 11.7. The van der Waals surface area contributed by atoms with Crippen molar-refractivity contribution in [1.29, 1.82) is 0 Å². The fourth-order valence-electron chi connectivity index (χ4n) is 1.88. The summed E-state index contributed by atoms with van der Waals surface area (Å²) in [6, 6.07) is 5.43. The van der Waals surface area contributed by atoms with Crippen molar-refractivity contribution in [3.05, 3.63) is 52.9 Å². The lowest BCUT2D eigenvalue weighted by Crippen LogP contribution is -2.04. The number of methoxy groups -OCH3 is 1. The van der Waals surface area contributed by atoms with Crippen LogP contribution in [0.2, 0.25) is 0 Å². The van der Waals surface area contributed by atoms with E-state index in [9.17, 15) is 8.78 Å². The van der Waals surface area contributed by atoms with Crippen LogP contribution in [0, 0.1) is 18.6 Å². The zero-order chi connectivity index (χ0) is 15.4. The normalized spacial score (nSPS) is 10.5. The van der Waals surface area contributed by atoms with E-state index in [4.69, 9.17) is 14.6 Å². The SMILES string of the molecule is COc1cc(C)nc(COc2c(F)cc(CO)cc2F)c1. The van der Waals surface area contributed by atoms with Gasteiger partial charge in [-0.05, 0) is 24.6 Å². The van der Waals surface area contributed by atoms with Gasteiger partial charge in [0.15, 0.2) is 17.4 Å². The van der Waals surface area contributed by atoms with E-state index in [-0.39, 0.29) is 12.2 Å². The third kappa shape index (κ3) is 3.66. The van der Waals surface area contributed by atoms with Crippen molar-refractivity contribution in [1.82, 2.24) is 4.98 Å². The molecule has 6 heteroatoms. The lowest BCUT2D eigenvalue weighted by atomic mass is 10.2. The Morgan fingerprint density at radius 1 is 1.14 bits per heavy atom. The Labute approximate surface area is 121 Å². The van der Waals surface area contributed by atoms with Crippen LogP contribution in [0.15, 0.2) is 24.3 Å². The van der Waals surface area contributed by atoms with E-state index >= 15 is 0 Å². The van der Waals surface area contributed by atoms with Crippen LogP contribution < -0.4 is 9.47 Å². The topological polar surface area (TPSA) is 51.6 Å². The van der Waals surface area contributed by atoms with E-state index in [0.717, 1.165) is 12.1 Å². The summed E-state index contributed by atoms with van der Waals surface area (Å²) in [5.41, 5.74) is 1.36. The highest BCUT2D eigenvalue weighted by Crippen LogP contribution is 2.24. The summed E-state index contributed by atoms with van der Waals surface area (Å²) in [6.07, 6.45) is 0. The Bertz CT molecular complexity index is 624. The highest BCUT2D eigenvalue weighted by atomic mass is 19.1. The van der Waals surface area contributed by atoms with Crippen LogP contribution in [0.1, 0.15) is 17.0 Å². The largest absolute Gasteiger partial charge is 0.497 e. The van der Waals surface area contributed by atoms with E-state index in [1.165, 1.54) is 7.11 Å². The number of pyridine rings is 1. The number of aromatic nitrogens is 1. The van der Waals surface area contributed by atoms with Crippen molar-refractivity contribution in [2.75, 3.05) is 7.11 Å². The number of aliphatic hydroxyl groups excluding tert-OH is 1. The van der Waals surface area contributed by atoms with Gasteiger partial charge in [-0.1, -0.05) is 0 Å². The number of aliphatic hydroxyl groups is 1. The monoisotopic (exact) mass is 295 g/mol. The lowest BCUT2D eigenvalue weighted by Gasteiger charge is -2.10. The molecule has 0 bridgehead atoms. The van der Waals surface area contributed by atoms with Crippen molar-refractivity contribution >= 4 is 0 Å². The number of ether oxygens (including phenoxy) is 2. The highest BCUT2D eigenvalue weighted by molar-refractivity contribution is 5.32. The van der Waals surface area contributed by atoms with Crippen LogP contribution >= 0.6 is 0 Å². The molecule has 0 saturated carbocycles. The van der Waals surface area contributed by atoms with Gasteiger partial charge in [0, 0.05) is 17.8 Å². The summed E-state index contributed by atoms with van der Waals surface area (Å²) >= 11 is 0. The number of halogens is 2. The van der Waals surface area contributed by atoms with Gasteiger partial charge in [0.1, 0.15) is 12.4 Å². The van der Waals surface area contributed by atoms with Gasteiger partial charge in [-0.15, -0.1) is 0 Å². The molecule has 0 amide bonds. The molecule has 2 rings (SSSR count). The van der Waals surface area contributed by atoms with Crippen LogP contribution in [0.4, 0.5) is 8.78 Å². The van der Waals surface area contributed by atoms with Crippen LogP contribution in [0.3, 0.4) is 0 Å². The third-order valence-corrected chi connectivity index (χ3v) is 2.82. The Morgan fingerprint density at radius 3 is 2.38 bits per heavy atom. The number of benzene rings is 1. The maximum atomic E-state index is 13.7. The number of nitrogens with zero attached hydrogens (tertiary/aromatic N) is 1. The standard InChI is InChI=1S/C15H15F2NO3/c1-9-3-12(20-2)6-11(18-9)8-21-15-13(16)4-10(7-19)5-14(15)17/h3-6,19H,7-8H2,1-2H3. The maximum Gasteiger partial charge on any atom is 0.191 e. The first-order valence-corrected chi connectivity index (χ1v) is 6.26. The fraction of sp³-hybridized carbons (Fsp3) is 0.267. The molecule has 0 radical (unpaired) electrons. The van der Waals surface area contributed by atoms with Crippen LogP contribution in [-0.2, 0) is 13.2 Å². The van der Waals surface area contributed by atoms with Crippen molar-refractivity contribution < 1.29 is 23.4 Å². The molecule has 0 aliphatic heterocycles. The molecule has 0 fully saturated rings.